The van der Waals surface area contributed by atoms with Gasteiger partial charge in [-0.3, -0.25) is 14.8 Å². The van der Waals surface area contributed by atoms with E-state index in [9.17, 15) is 9.59 Å². The fourth-order valence-corrected chi connectivity index (χ4v) is 3.05. The molecule has 0 spiro atoms. The van der Waals surface area contributed by atoms with E-state index in [1.807, 2.05) is 24.3 Å². The monoisotopic (exact) mass is 351 g/mol. The Morgan fingerprint density at radius 1 is 1.08 bits per heavy atom. The summed E-state index contributed by atoms with van der Waals surface area (Å²) in [6.07, 6.45) is 2.88. The number of aromatic nitrogens is 1. The van der Waals surface area contributed by atoms with Gasteiger partial charge in [0.05, 0.1) is 0 Å². The second-order valence-electron chi connectivity index (χ2n) is 6.17. The highest BCUT2D eigenvalue weighted by atomic mass is 16.5. The molecule has 3 aromatic rings. The van der Waals surface area contributed by atoms with E-state index in [0.717, 1.165) is 17.5 Å². The van der Waals surface area contributed by atoms with Crippen LogP contribution in [0.2, 0.25) is 0 Å². The van der Waals surface area contributed by atoms with Gasteiger partial charge in [-0.15, -0.1) is 0 Å². The lowest BCUT2D eigenvalue weighted by atomic mass is 10.1. The van der Waals surface area contributed by atoms with Crippen LogP contribution in [0.15, 0.2) is 54.7 Å². The number of hydrogen-bond acceptors (Lipinski definition) is 3. The Bertz CT molecular complexity index is 929. The molecule has 3 rings (SSSR count). The van der Waals surface area contributed by atoms with Gasteiger partial charge in [-0.1, -0.05) is 30.3 Å². The van der Waals surface area contributed by atoms with E-state index >= 15 is 0 Å². The number of hydrogen-bond donors (Lipinski definition) is 3. The molecule has 0 unspecified atom stereocenters. The first-order chi connectivity index (χ1) is 12.6. The van der Waals surface area contributed by atoms with Crippen molar-refractivity contribution in [3.63, 3.8) is 0 Å². The van der Waals surface area contributed by atoms with Gasteiger partial charge in [0, 0.05) is 42.7 Å². The first-order valence-corrected chi connectivity index (χ1v) is 8.43. The Hall–Kier alpha value is -3.12. The van der Waals surface area contributed by atoms with E-state index in [-0.39, 0.29) is 5.91 Å². The SMILES string of the molecule is CC(=O)NCCc1cn(Cc2ccc(C(=O)NO)cc2)c2ccccc12. The highest BCUT2D eigenvalue weighted by Crippen LogP contribution is 2.23. The van der Waals surface area contributed by atoms with Crippen molar-refractivity contribution in [2.75, 3.05) is 6.54 Å². The summed E-state index contributed by atoms with van der Waals surface area (Å²) in [5.41, 5.74) is 5.40. The highest BCUT2D eigenvalue weighted by molar-refractivity contribution is 5.93. The molecule has 0 fully saturated rings. The number of rotatable bonds is 6. The van der Waals surface area contributed by atoms with Crippen molar-refractivity contribution in [2.45, 2.75) is 19.9 Å². The maximum Gasteiger partial charge on any atom is 0.274 e. The number of carbonyl (C=O) groups excluding carboxylic acids is 2. The Morgan fingerprint density at radius 2 is 1.81 bits per heavy atom. The standard InChI is InChI=1S/C20H21N3O3/c1-14(24)21-11-10-17-13-23(19-5-3-2-4-18(17)19)12-15-6-8-16(9-7-15)20(25)22-26/h2-9,13,26H,10-12H2,1H3,(H,21,24)(H,22,25). The van der Waals surface area contributed by atoms with E-state index in [2.05, 4.69) is 28.2 Å². The first kappa shape index (κ1) is 17.7. The molecule has 0 bridgehead atoms. The smallest absolute Gasteiger partial charge is 0.274 e. The second kappa shape index (κ2) is 7.84. The lowest BCUT2D eigenvalue weighted by Gasteiger charge is -2.06. The van der Waals surface area contributed by atoms with E-state index in [0.29, 0.717) is 18.7 Å². The average Bonchev–Trinajstić information content (AvgIpc) is 2.99. The molecule has 134 valence electrons. The Balaban J connectivity index is 1.83. The van der Waals surface area contributed by atoms with Gasteiger partial charge in [0.15, 0.2) is 0 Å². The first-order valence-electron chi connectivity index (χ1n) is 8.43. The van der Waals surface area contributed by atoms with Crippen LogP contribution in [0.3, 0.4) is 0 Å². The summed E-state index contributed by atoms with van der Waals surface area (Å²) in [6.45, 7) is 2.79. The van der Waals surface area contributed by atoms with Crippen molar-refractivity contribution in [2.24, 2.45) is 0 Å². The quantitative estimate of drug-likeness (QED) is 0.471. The highest BCUT2D eigenvalue weighted by Gasteiger charge is 2.09. The van der Waals surface area contributed by atoms with Crippen LogP contribution in [-0.4, -0.2) is 28.1 Å². The zero-order valence-electron chi connectivity index (χ0n) is 14.5. The predicted octanol–water partition coefficient (Wildman–Crippen LogP) is 2.49. The third-order valence-electron chi connectivity index (χ3n) is 4.31. The third-order valence-corrected chi connectivity index (χ3v) is 4.31. The summed E-state index contributed by atoms with van der Waals surface area (Å²) in [4.78, 5) is 22.5. The normalized spacial score (nSPS) is 10.7. The van der Waals surface area contributed by atoms with E-state index < -0.39 is 5.91 Å². The van der Waals surface area contributed by atoms with Gasteiger partial charge < -0.3 is 9.88 Å². The molecule has 26 heavy (non-hydrogen) atoms. The van der Waals surface area contributed by atoms with Crippen molar-refractivity contribution in [3.8, 4) is 0 Å². The largest absolute Gasteiger partial charge is 0.356 e. The van der Waals surface area contributed by atoms with Crippen LogP contribution in [-0.2, 0) is 17.8 Å². The Kier molecular flexibility index (Phi) is 5.34. The van der Waals surface area contributed by atoms with Gasteiger partial charge in [-0.25, -0.2) is 5.48 Å². The summed E-state index contributed by atoms with van der Waals surface area (Å²) >= 11 is 0. The van der Waals surface area contributed by atoms with E-state index in [1.165, 1.54) is 17.9 Å². The number of fused-ring (bicyclic) bond motifs is 1. The lowest BCUT2D eigenvalue weighted by Crippen LogP contribution is -2.22. The molecule has 0 aliphatic heterocycles. The Labute approximate surface area is 151 Å². The van der Waals surface area contributed by atoms with Crippen molar-refractivity contribution < 1.29 is 14.8 Å². The van der Waals surface area contributed by atoms with Gasteiger partial charge in [-0.2, -0.15) is 0 Å². The molecule has 2 aromatic carbocycles. The Morgan fingerprint density at radius 3 is 2.50 bits per heavy atom. The van der Waals surface area contributed by atoms with Crippen LogP contribution in [0.1, 0.15) is 28.4 Å². The maximum atomic E-state index is 11.4. The van der Waals surface area contributed by atoms with Gasteiger partial charge in [0.2, 0.25) is 5.91 Å². The second-order valence-corrected chi connectivity index (χ2v) is 6.17. The molecule has 0 aliphatic carbocycles. The number of benzene rings is 2. The molecular weight excluding hydrogens is 330 g/mol. The van der Waals surface area contributed by atoms with E-state index in [1.54, 1.807) is 17.6 Å². The van der Waals surface area contributed by atoms with Crippen LogP contribution < -0.4 is 10.8 Å². The summed E-state index contributed by atoms with van der Waals surface area (Å²) < 4.78 is 2.17. The summed E-state index contributed by atoms with van der Waals surface area (Å²) in [6, 6.07) is 15.3. The molecule has 2 amide bonds. The third kappa shape index (κ3) is 3.92. The molecular formula is C20H21N3O3. The van der Waals surface area contributed by atoms with Crippen molar-refractivity contribution in [3.05, 3.63) is 71.4 Å². The predicted molar refractivity (Wildman–Crippen MR) is 99.1 cm³/mol. The molecule has 0 aliphatic rings. The van der Waals surface area contributed by atoms with Gasteiger partial charge in [0.1, 0.15) is 0 Å². The number of para-hydroxylation sites is 1. The van der Waals surface area contributed by atoms with Gasteiger partial charge in [0.25, 0.3) is 5.91 Å². The van der Waals surface area contributed by atoms with Gasteiger partial charge in [-0.05, 0) is 35.7 Å². The fourth-order valence-electron chi connectivity index (χ4n) is 3.05. The van der Waals surface area contributed by atoms with E-state index in [4.69, 9.17) is 5.21 Å². The minimum absolute atomic E-state index is 0.0271. The van der Waals surface area contributed by atoms with Crippen LogP contribution in [0, 0.1) is 0 Å². The fraction of sp³-hybridized carbons (Fsp3) is 0.200. The summed E-state index contributed by atoms with van der Waals surface area (Å²) in [7, 11) is 0. The average molecular weight is 351 g/mol. The van der Waals surface area contributed by atoms with Crippen molar-refractivity contribution in [1.82, 2.24) is 15.4 Å². The van der Waals surface area contributed by atoms with Crippen LogP contribution >= 0.6 is 0 Å². The summed E-state index contributed by atoms with van der Waals surface area (Å²) in [5, 5.41) is 12.7. The molecule has 0 atom stereocenters. The molecule has 6 nitrogen and oxygen atoms in total. The minimum Gasteiger partial charge on any atom is -0.356 e. The minimum atomic E-state index is -0.525. The maximum absolute atomic E-state index is 11.4. The molecule has 0 radical (unpaired) electrons. The zero-order valence-corrected chi connectivity index (χ0v) is 14.5. The molecule has 1 aromatic heterocycles. The molecule has 3 N–H and O–H groups in total. The molecule has 1 heterocycles. The van der Waals surface area contributed by atoms with Crippen molar-refractivity contribution >= 4 is 22.7 Å². The van der Waals surface area contributed by atoms with Gasteiger partial charge >= 0.3 is 0 Å². The lowest BCUT2D eigenvalue weighted by molar-refractivity contribution is -0.118. The molecule has 0 saturated carbocycles. The van der Waals surface area contributed by atoms with Crippen LogP contribution in [0.5, 0.6) is 0 Å². The number of amides is 2. The number of hydroxylamine groups is 1. The summed E-state index contributed by atoms with van der Waals surface area (Å²) in [5.74, 6) is -0.552. The molecule has 6 heteroatoms. The van der Waals surface area contributed by atoms with Crippen molar-refractivity contribution in [1.29, 1.82) is 0 Å². The molecule has 0 saturated heterocycles. The number of nitrogens with zero attached hydrogens (tertiary/aromatic N) is 1. The number of carbonyl (C=O) groups is 2. The van der Waals surface area contributed by atoms with Crippen LogP contribution in [0.25, 0.3) is 10.9 Å². The van der Waals surface area contributed by atoms with Crippen LogP contribution in [0.4, 0.5) is 0 Å². The number of nitrogens with one attached hydrogen (secondary N) is 2. The topological polar surface area (TPSA) is 83.4 Å². The zero-order chi connectivity index (χ0) is 18.5.